The molecule has 0 aliphatic heterocycles. The lowest BCUT2D eigenvalue weighted by Crippen LogP contribution is -1.69. The standard InChI is InChI=1S/C7H6.C3H6O/c1-2-7-4-3-6(1)5-7;1-3(2)4/h1-4H,5H2;1-2H3. The molecule has 2 bridgehead atoms. The molecule has 0 heterocycles. The first-order chi connectivity index (χ1) is 5.18. The summed E-state index contributed by atoms with van der Waals surface area (Å²) in [7, 11) is 0. The third-order valence-electron chi connectivity index (χ3n) is 1.43. The van der Waals surface area contributed by atoms with Crippen molar-refractivity contribution in [1.82, 2.24) is 0 Å². The van der Waals surface area contributed by atoms with E-state index in [-0.39, 0.29) is 5.78 Å². The molecule has 0 N–H and O–H groups in total. The van der Waals surface area contributed by atoms with Gasteiger partial charge in [-0.25, -0.2) is 0 Å². The van der Waals surface area contributed by atoms with Crippen molar-refractivity contribution in [1.29, 1.82) is 0 Å². The molecular weight excluding hydrogens is 136 g/mol. The number of carbonyl (C=O) groups excluding carboxylic acids is 1. The van der Waals surface area contributed by atoms with E-state index >= 15 is 0 Å². The second-order valence-corrected chi connectivity index (χ2v) is 2.90. The molecule has 0 aromatic carbocycles. The molecule has 0 atom stereocenters. The Morgan fingerprint density at radius 3 is 1.64 bits per heavy atom. The Hall–Kier alpha value is -1.11. The van der Waals surface area contributed by atoms with E-state index in [4.69, 9.17) is 0 Å². The summed E-state index contributed by atoms with van der Waals surface area (Å²) < 4.78 is 0. The molecule has 2 rings (SSSR count). The van der Waals surface area contributed by atoms with Gasteiger partial charge in [0.2, 0.25) is 0 Å². The first kappa shape index (κ1) is 7.99. The van der Waals surface area contributed by atoms with Crippen LogP contribution in [0.1, 0.15) is 20.3 Å². The molecule has 11 heavy (non-hydrogen) atoms. The lowest BCUT2D eigenvalue weighted by molar-refractivity contribution is -0.114. The van der Waals surface area contributed by atoms with Crippen LogP contribution >= 0.6 is 0 Å². The summed E-state index contributed by atoms with van der Waals surface area (Å²) in [6.45, 7) is 3.06. The van der Waals surface area contributed by atoms with Crippen molar-refractivity contribution in [2.75, 3.05) is 0 Å². The Bertz CT molecular complexity index is 230. The quantitative estimate of drug-likeness (QED) is 0.515. The molecule has 0 aromatic rings. The molecule has 0 fully saturated rings. The number of rotatable bonds is 0. The smallest absolute Gasteiger partial charge is 0.126 e. The first-order valence-electron chi connectivity index (χ1n) is 3.73. The van der Waals surface area contributed by atoms with Crippen LogP contribution in [-0.4, -0.2) is 5.78 Å². The normalized spacial score (nSPS) is 16.9. The lowest BCUT2D eigenvalue weighted by Gasteiger charge is -1.77. The van der Waals surface area contributed by atoms with E-state index in [2.05, 4.69) is 24.3 Å². The van der Waals surface area contributed by atoms with Crippen LogP contribution < -0.4 is 0 Å². The largest absolute Gasteiger partial charge is 0.300 e. The van der Waals surface area contributed by atoms with Gasteiger partial charge >= 0.3 is 0 Å². The van der Waals surface area contributed by atoms with Crippen LogP contribution in [-0.2, 0) is 4.79 Å². The van der Waals surface area contributed by atoms with Gasteiger partial charge in [0.15, 0.2) is 0 Å². The zero-order valence-corrected chi connectivity index (χ0v) is 6.92. The molecule has 58 valence electrons. The number of hydrogen-bond donors (Lipinski definition) is 0. The fourth-order valence-corrected chi connectivity index (χ4v) is 1.01. The number of hydrogen-bond acceptors (Lipinski definition) is 1. The van der Waals surface area contributed by atoms with Crippen LogP contribution in [0.5, 0.6) is 0 Å². The zero-order valence-electron chi connectivity index (χ0n) is 6.92. The number of carbonyl (C=O) groups is 1. The lowest BCUT2D eigenvalue weighted by atomic mass is 10.3. The van der Waals surface area contributed by atoms with Crippen LogP contribution in [0.2, 0.25) is 0 Å². The molecule has 0 aromatic heterocycles. The van der Waals surface area contributed by atoms with Crippen molar-refractivity contribution in [2.24, 2.45) is 0 Å². The van der Waals surface area contributed by atoms with Crippen molar-refractivity contribution in [3.05, 3.63) is 35.5 Å². The highest BCUT2D eigenvalue weighted by molar-refractivity contribution is 5.72. The van der Waals surface area contributed by atoms with E-state index in [0.29, 0.717) is 0 Å². The minimum Gasteiger partial charge on any atom is -0.300 e. The monoisotopic (exact) mass is 148 g/mol. The number of ketones is 1. The third kappa shape index (κ3) is 2.54. The van der Waals surface area contributed by atoms with E-state index in [1.807, 2.05) is 0 Å². The maximum Gasteiger partial charge on any atom is 0.126 e. The molecule has 0 saturated carbocycles. The topological polar surface area (TPSA) is 17.1 Å². The minimum atomic E-state index is 0.167. The van der Waals surface area contributed by atoms with Crippen LogP contribution in [0, 0.1) is 0 Å². The average Bonchev–Trinajstić information content (AvgIpc) is 2.45. The van der Waals surface area contributed by atoms with Gasteiger partial charge in [0, 0.05) is 0 Å². The van der Waals surface area contributed by atoms with Crippen LogP contribution in [0.15, 0.2) is 35.5 Å². The Morgan fingerprint density at radius 1 is 1.18 bits per heavy atom. The average molecular weight is 148 g/mol. The van der Waals surface area contributed by atoms with Crippen LogP contribution in [0.25, 0.3) is 0 Å². The number of allylic oxidation sites excluding steroid dienone is 6. The van der Waals surface area contributed by atoms with E-state index in [9.17, 15) is 4.79 Å². The summed E-state index contributed by atoms with van der Waals surface area (Å²) in [5.74, 6) is 0.167. The highest BCUT2D eigenvalue weighted by atomic mass is 16.1. The van der Waals surface area contributed by atoms with Crippen molar-refractivity contribution in [3.8, 4) is 0 Å². The Kier molecular flexibility index (Phi) is 2.42. The van der Waals surface area contributed by atoms with Gasteiger partial charge in [-0.3, -0.25) is 0 Å². The summed E-state index contributed by atoms with van der Waals surface area (Å²) in [4.78, 5) is 9.44. The highest BCUT2D eigenvalue weighted by Crippen LogP contribution is 2.27. The Morgan fingerprint density at radius 2 is 1.55 bits per heavy atom. The van der Waals surface area contributed by atoms with Gasteiger partial charge in [-0.1, -0.05) is 24.3 Å². The highest BCUT2D eigenvalue weighted by Gasteiger charge is 2.07. The Balaban J connectivity index is 0.000000134. The molecule has 2 aliphatic carbocycles. The summed E-state index contributed by atoms with van der Waals surface area (Å²) >= 11 is 0. The maximum absolute atomic E-state index is 9.44. The summed E-state index contributed by atoms with van der Waals surface area (Å²) in [5.41, 5.74) is 2.94. The number of Topliss-reactive ketones (excluding diaryl/α,β-unsaturated/α-hetero) is 1. The van der Waals surface area contributed by atoms with Gasteiger partial charge in [-0.2, -0.15) is 0 Å². The van der Waals surface area contributed by atoms with Gasteiger partial charge in [-0.15, -0.1) is 0 Å². The Labute approximate surface area is 67.1 Å². The van der Waals surface area contributed by atoms with Gasteiger partial charge in [0.25, 0.3) is 0 Å². The van der Waals surface area contributed by atoms with E-state index in [1.54, 1.807) is 0 Å². The molecule has 0 radical (unpaired) electrons. The van der Waals surface area contributed by atoms with E-state index in [1.165, 1.54) is 31.4 Å². The molecule has 2 aliphatic rings. The second-order valence-electron chi connectivity index (χ2n) is 2.90. The molecule has 0 spiro atoms. The SMILES string of the molecule is C1=CC2=CC=C1C2.CC(C)=O. The van der Waals surface area contributed by atoms with Gasteiger partial charge < -0.3 is 4.79 Å². The minimum absolute atomic E-state index is 0.167. The van der Waals surface area contributed by atoms with Crippen molar-refractivity contribution >= 4 is 5.78 Å². The van der Waals surface area contributed by atoms with Crippen molar-refractivity contribution in [3.63, 3.8) is 0 Å². The maximum atomic E-state index is 9.44. The molecular formula is C10H12O. The van der Waals surface area contributed by atoms with Crippen molar-refractivity contribution < 1.29 is 4.79 Å². The first-order valence-corrected chi connectivity index (χ1v) is 3.73. The summed E-state index contributed by atoms with van der Waals surface area (Å²) in [5, 5.41) is 0. The van der Waals surface area contributed by atoms with Gasteiger partial charge in [0.05, 0.1) is 0 Å². The number of fused-ring (bicyclic) bond motifs is 2. The molecule has 1 heteroatoms. The summed E-state index contributed by atoms with van der Waals surface area (Å²) in [6.07, 6.45) is 9.90. The molecule has 1 nitrogen and oxygen atoms in total. The van der Waals surface area contributed by atoms with E-state index < -0.39 is 0 Å². The zero-order chi connectivity index (χ0) is 8.27. The van der Waals surface area contributed by atoms with E-state index in [0.717, 1.165) is 0 Å². The third-order valence-corrected chi connectivity index (χ3v) is 1.43. The second kappa shape index (κ2) is 3.33. The van der Waals surface area contributed by atoms with Crippen molar-refractivity contribution in [2.45, 2.75) is 20.3 Å². The van der Waals surface area contributed by atoms with Crippen LogP contribution in [0.3, 0.4) is 0 Å². The predicted octanol–water partition coefficient (Wildman–Crippen LogP) is 2.41. The molecule has 0 saturated heterocycles. The molecule has 0 unspecified atom stereocenters. The van der Waals surface area contributed by atoms with Gasteiger partial charge in [-0.05, 0) is 31.4 Å². The van der Waals surface area contributed by atoms with Crippen LogP contribution in [0.4, 0.5) is 0 Å². The summed E-state index contributed by atoms with van der Waals surface area (Å²) in [6, 6.07) is 0. The fraction of sp³-hybridized carbons (Fsp3) is 0.300. The molecule has 0 amide bonds. The predicted molar refractivity (Wildman–Crippen MR) is 46.3 cm³/mol. The fourth-order valence-electron chi connectivity index (χ4n) is 1.01. The van der Waals surface area contributed by atoms with Gasteiger partial charge in [0.1, 0.15) is 5.78 Å².